The minimum Gasteiger partial charge on any atom is -0.412 e. The van der Waals surface area contributed by atoms with Gasteiger partial charge in [-0.1, -0.05) is 51.9 Å². The highest BCUT2D eigenvalue weighted by molar-refractivity contribution is 4.81. The van der Waals surface area contributed by atoms with E-state index in [-0.39, 0.29) is 11.1 Å². The van der Waals surface area contributed by atoms with Gasteiger partial charge in [0.15, 0.2) is 0 Å². The summed E-state index contributed by atoms with van der Waals surface area (Å²) in [6.45, 7) is 2.23. The lowest BCUT2D eigenvalue weighted by molar-refractivity contribution is -0.00585. The van der Waals surface area contributed by atoms with E-state index in [1.165, 1.54) is 44.9 Å². The van der Waals surface area contributed by atoms with Crippen molar-refractivity contribution >= 4 is 0 Å². The highest BCUT2D eigenvalue weighted by Gasteiger charge is 2.27. The zero-order chi connectivity index (χ0) is 9.57. The molecule has 0 aliphatic heterocycles. The van der Waals surface area contributed by atoms with Crippen molar-refractivity contribution in [2.24, 2.45) is 0 Å². The molecule has 0 saturated heterocycles. The average Bonchev–Trinajstić information content (AvgIpc) is 2.14. The molecule has 0 amide bonds. The van der Waals surface area contributed by atoms with Crippen LogP contribution in [0.4, 0.5) is 0 Å². The van der Waals surface area contributed by atoms with Crippen molar-refractivity contribution in [3.8, 4) is 0 Å². The molecule has 0 aromatic rings. The van der Waals surface area contributed by atoms with Gasteiger partial charge in [0.05, 0.1) is 5.60 Å². The topological polar surface area (TPSA) is 51.7 Å². The second-order valence-corrected chi connectivity index (χ2v) is 4.60. The Hall–Kier alpha value is -0.0800. The van der Waals surface area contributed by atoms with Crippen molar-refractivity contribution in [3.63, 3.8) is 0 Å². The first-order chi connectivity index (χ1) is 6.27. The molecule has 2 heteroatoms. The van der Waals surface area contributed by atoms with Gasteiger partial charge in [-0.05, 0) is 19.3 Å². The van der Waals surface area contributed by atoms with Gasteiger partial charge in [-0.25, -0.2) is 0 Å². The first kappa shape index (κ1) is 13.9. The average molecular weight is 202 g/mol. The van der Waals surface area contributed by atoms with Crippen LogP contribution in [0.15, 0.2) is 0 Å². The normalized spacial score (nSPS) is 20.1. The Morgan fingerprint density at radius 2 is 1.64 bits per heavy atom. The number of hydrogen-bond acceptors (Lipinski definition) is 1. The SMILES string of the molecule is CCCCCCC1(O)CCCCC1.O. The van der Waals surface area contributed by atoms with Gasteiger partial charge in [-0.2, -0.15) is 0 Å². The summed E-state index contributed by atoms with van der Waals surface area (Å²) >= 11 is 0. The molecule has 1 rings (SSSR count). The van der Waals surface area contributed by atoms with Crippen LogP contribution in [0.1, 0.15) is 71.1 Å². The van der Waals surface area contributed by atoms with Crippen LogP contribution >= 0.6 is 0 Å². The molecular formula is C12H26O2. The van der Waals surface area contributed by atoms with Gasteiger partial charge < -0.3 is 10.6 Å². The summed E-state index contributed by atoms with van der Waals surface area (Å²) in [6, 6.07) is 0. The smallest absolute Gasteiger partial charge is 0.0647 e. The van der Waals surface area contributed by atoms with E-state index in [0.717, 1.165) is 19.3 Å². The third kappa shape index (κ3) is 4.97. The molecule has 1 aliphatic rings. The minimum absolute atomic E-state index is 0. The number of unbranched alkanes of at least 4 members (excludes halogenated alkanes) is 3. The van der Waals surface area contributed by atoms with E-state index < -0.39 is 0 Å². The standard InChI is InChI=1S/C12H24O.H2O/c1-2-3-4-6-9-12(13)10-7-5-8-11-12;/h13H,2-11H2,1H3;1H2. The predicted octanol–water partition coefficient (Wildman–Crippen LogP) is 2.83. The lowest BCUT2D eigenvalue weighted by atomic mass is 9.81. The van der Waals surface area contributed by atoms with Crippen LogP contribution in [0.5, 0.6) is 0 Å². The van der Waals surface area contributed by atoms with Gasteiger partial charge in [0.1, 0.15) is 0 Å². The summed E-state index contributed by atoms with van der Waals surface area (Å²) in [5.41, 5.74) is -0.272. The van der Waals surface area contributed by atoms with Crippen LogP contribution in [0.3, 0.4) is 0 Å². The van der Waals surface area contributed by atoms with Gasteiger partial charge >= 0.3 is 0 Å². The Kier molecular flexibility index (Phi) is 7.20. The number of aliphatic hydroxyl groups is 1. The molecule has 0 aromatic carbocycles. The number of rotatable bonds is 5. The van der Waals surface area contributed by atoms with Crippen LogP contribution in [-0.4, -0.2) is 16.2 Å². The van der Waals surface area contributed by atoms with E-state index in [1.807, 2.05) is 0 Å². The third-order valence-electron chi connectivity index (χ3n) is 3.28. The molecular weight excluding hydrogens is 176 g/mol. The maximum absolute atomic E-state index is 10.2. The zero-order valence-corrected chi connectivity index (χ0v) is 9.52. The van der Waals surface area contributed by atoms with Gasteiger partial charge in [0.2, 0.25) is 0 Å². The van der Waals surface area contributed by atoms with E-state index >= 15 is 0 Å². The first-order valence-electron chi connectivity index (χ1n) is 5.99. The van der Waals surface area contributed by atoms with Crippen molar-refractivity contribution < 1.29 is 10.6 Å². The Morgan fingerprint density at radius 1 is 1.00 bits per heavy atom. The highest BCUT2D eigenvalue weighted by Crippen LogP contribution is 2.32. The summed E-state index contributed by atoms with van der Waals surface area (Å²) in [6.07, 6.45) is 12.1. The van der Waals surface area contributed by atoms with Crippen LogP contribution < -0.4 is 0 Å². The van der Waals surface area contributed by atoms with E-state index in [1.54, 1.807) is 0 Å². The quantitative estimate of drug-likeness (QED) is 0.685. The third-order valence-corrected chi connectivity index (χ3v) is 3.28. The molecule has 1 saturated carbocycles. The molecule has 2 nitrogen and oxygen atoms in total. The second kappa shape index (κ2) is 7.24. The maximum atomic E-state index is 10.2. The fourth-order valence-corrected chi connectivity index (χ4v) is 2.34. The first-order valence-corrected chi connectivity index (χ1v) is 5.99. The fraction of sp³-hybridized carbons (Fsp3) is 1.00. The number of hydrogen-bond donors (Lipinski definition) is 1. The molecule has 0 unspecified atom stereocenters. The van der Waals surface area contributed by atoms with Crippen molar-refractivity contribution in [2.45, 2.75) is 76.7 Å². The fourth-order valence-electron chi connectivity index (χ4n) is 2.34. The molecule has 0 heterocycles. The van der Waals surface area contributed by atoms with E-state index in [2.05, 4.69) is 6.92 Å². The summed E-state index contributed by atoms with van der Waals surface area (Å²) in [7, 11) is 0. The lowest BCUT2D eigenvalue weighted by Gasteiger charge is -2.32. The van der Waals surface area contributed by atoms with Crippen molar-refractivity contribution in [1.82, 2.24) is 0 Å². The maximum Gasteiger partial charge on any atom is 0.0647 e. The Labute approximate surface area is 88.0 Å². The van der Waals surface area contributed by atoms with Gasteiger partial charge in [0.25, 0.3) is 0 Å². The molecule has 0 radical (unpaired) electrons. The minimum atomic E-state index is -0.272. The Morgan fingerprint density at radius 3 is 2.21 bits per heavy atom. The van der Waals surface area contributed by atoms with Crippen molar-refractivity contribution in [2.75, 3.05) is 0 Å². The molecule has 3 N–H and O–H groups in total. The monoisotopic (exact) mass is 202 g/mol. The van der Waals surface area contributed by atoms with Crippen molar-refractivity contribution in [3.05, 3.63) is 0 Å². The van der Waals surface area contributed by atoms with Gasteiger partial charge in [-0.15, -0.1) is 0 Å². The predicted molar refractivity (Wildman–Crippen MR) is 60.4 cm³/mol. The summed E-state index contributed by atoms with van der Waals surface area (Å²) < 4.78 is 0. The van der Waals surface area contributed by atoms with E-state index in [9.17, 15) is 5.11 Å². The Balaban J connectivity index is 0.00000169. The second-order valence-electron chi connectivity index (χ2n) is 4.60. The molecule has 14 heavy (non-hydrogen) atoms. The molecule has 0 atom stereocenters. The van der Waals surface area contributed by atoms with Gasteiger partial charge in [-0.3, -0.25) is 0 Å². The van der Waals surface area contributed by atoms with Crippen LogP contribution in [0, 0.1) is 0 Å². The lowest BCUT2D eigenvalue weighted by Crippen LogP contribution is -2.30. The summed E-state index contributed by atoms with van der Waals surface area (Å²) in [5.74, 6) is 0. The van der Waals surface area contributed by atoms with E-state index in [4.69, 9.17) is 0 Å². The summed E-state index contributed by atoms with van der Waals surface area (Å²) in [5, 5.41) is 10.2. The molecule has 1 aliphatic carbocycles. The molecule has 0 bridgehead atoms. The largest absolute Gasteiger partial charge is 0.412 e. The molecule has 0 aromatic heterocycles. The molecule has 1 fully saturated rings. The van der Waals surface area contributed by atoms with Crippen molar-refractivity contribution in [1.29, 1.82) is 0 Å². The van der Waals surface area contributed by atoms with Crippen LogP contribution in [0.25, 0.3) is 0 Å². The molecule has 86 valence electrons. The highest BCUT2D eigenvalue weighted by atomic mass is 16.3. The van der Waals surface area contributed by atoms with Crippen LogP contribution in [-0.2, 0) is 0 Å². The Bertz CT molecular complexity index is 128. The molecule has 0 spiro atoms. The summed E-state index contributed by atoms with van der Waals surface area (Å²) in [4.78, 5) is 0. The zero-order valence-electron chi connectivity index (χ0n) is 9.52. The van der Waals surface area contributed by atoms with E-state index in [0.29, 0.717) is 0 Å². The van der Waals surface area contributed by atoms with Gasteiger partial charge in [0, 0.05) is 0 Å². The van der Waals surface area contributed by atoms with Crippen LogP contribution in [0.2, 0.25) is 0 Å².